The lowest BCUT2D eigenvalue weighted by Gasteiger charge is -2.15. The van der Waals surface area contributed by atoms with Crippen molar-refractivity contribution in [1.29, 1.82) is 0 Å². The maximum absolute atomic E-state index is 13.8. The summed E-state index contributed by atoms with van der Waals surface area (Å²) in [5.41, 5.74) is 0.165. The van der Waals surface area contributed by atoms with Crippen LogP contribution in [-0.4, -0.2) is 25.9 Å². The number of anilines is 1. The van der Waals surface area contributed by atoms with E-state index in [4.69, 9.17) is 4.74 Å². The van der Waals surface area contributed by atoms with Crippen LogP contribution < -0.4 is 10.1 Å². The van der Waals surface area contributed by atoms with Gasteiger partial charge in [-0.25, -0.2) is 4.39 Å². The third-order valence-electron chi connectivity index (χ3n) is 4.62. The second-order valence-corrected chi connectivity index (χ2v) is 8.87. The molecule has 6 nitrogen and oxygen atoms in total. The van der Waals surface area contributed by atoms with Crippen LogP contribution in [0.1, 0.15) is 33.0 Å². The van der Waals surface area contributed by atoms with Crippen LogP contribution >= 0.6 is 11.8 Å². The van der Waals surface area contributed by atoms with Gasteiger partial charge in [0.1, 0.15) is 18.2 Å². The molecule has 0 aliphatic heterocycles. The van der Waals surface area contributed by atoms with Gasteiger partial charge >= 0.3 is 0 Å². The van der Waals surface area contributed by atoms with Gasteiger partial charge in [-0.1, -0.05) is 55.9 Å². The fourth-order valence-corrected chi connectivity index (χ4v) is 3.69. The highest BCUT2D eigenvalue weighted by Gasteiger charge is 2.21. The van der Waals surface area contributed by atoms with E-state index in [1.165, 1.54) is 23.9 Å². The molecule has 3 rings (SSSR count). The Bertz CT molecular complexity index is 994. The number of hydrogen-bond donors (Lipinski definition) is 1. The molecule has 0 saturated heterocycles. The summed E-state index contributed by atoms with van der Waals surface area (Å²) in [4.78, 5) is 12.6. The van der Waals surface area contributed by atoms with E-state index < -0.39 is 11.1 Å². The van der Waals surface area contributed by atoms with Crippen LogP contribution in [0.3, 0.4) is 0 Å². The van der Waals surface area contributed by atoms with E-state index in [1.807, 2.05) is 34.9 Å². The van der Waals surface area contributed by atoms with Gasteiger partial charge in [-0.2, -0.15) is 0 Å². The number of halogens is 1. The lowest BCUT2D eigenvalue weighted by molar-refractivity contribution is -0.115. The average Bonchev–Trinajstić information content (AvgIpc) is 3.14. The summed E-state index contributed by atoms with van der Waals surface area (Å²) in [5.74, 6) is 1.20. The Hall–Kier alpha value is -2.87. The number of ether oxygens (including phenoxy) is 1. The molecule has 8 heteroatoms. The molecular weight excluding hydrogens is 415 g/mol. The van der Waals surface area contributed by atoms with Crippen molar-refractivity contribution < 1.29 is 13.9 Å². The number of aromatic nitrogens is 3. The largest absolute Gasteiger partial charge is 0.486 e. The number of amides is 1. The lowest BCUT2D eigenvalue weighted by Crippen LogP contribution is -2.23. The molecule has 0 aliphatic rings. The number of nitrogens with one attached hydrogen (secondary N) is 1. The summed E-state index contributed by atoms with van der Waals surface area (Å²) < 4.78 is 21.7. The van der Waals surface area contributed by atoms with E-state index in [0.29, 0.717) is 16.9 Å². The zero-order valence-corrected chi connectivity index (χ0v) is 18.7. The predicted molar refractivity (Wildman–Crippen MR) is 121 cm³/mol. The van der Waals surface area contributed by atoms with Crippen molar-refractivity contribution in [3.05, 3.63) is 66.2 Å². The molecule has 0 saturated carbocycles. The van der Waals surface area contributed by atoms with Crippen molar-refractivity contribution >= 4 is 23.4 Å². The fraction of sp³-hybridized carbons (Fsp3) is 0.348. The van der Waals surface area contributed by atoms with E-state index in [9.17, 15) is 9.18 Å². The Labute approximate surface area is 186 Å². The molecule has 1 amide bonds. The highest BCUT2D eigenvalue weighted by atomic mass is 32.2. The zero-order valence-electron chi connectivity index (χ0n) is 17.9. The molecule has 1 unspecified atom stereocenters. The number of benzene rings is 2. The Kier molecular flexibility index (Phi) is 8.06. The van der Waals surface area contributed by atoms with Gasteiger partial charge in [0.25, 0.3) is 0 Å². The van der Waals surface area contributed by atoms with E-state index in [1.54, 1.807) is 19.1 Å². The van der Waals surface area contributed by atoms with Gasteiger partial charge in [0.05, 0.1) is 10.9 Å². The first-order valence-corrected chi connectivity index (χ1v) is 11.1. The van der Waals surface area contributed by atoms with Gasteiger partial charge in [-0.15, -0.1) is 10.2 Å². The van der Waals surface area contributed by atoms with Crippen LogP contribution in [0.4, 0.5) is 10.1 Å². The van der Waals surface area contributed by atoms with Crippen molar-refractivity contribution in [3.8, 4) is 5.75 Å². The quantitative estimate of drug-likeness (QED) is 0.439. The molecule has 0 radical (unpaired) electrons. The van der Waals surface area contributed by atoms with E-state index >= 15 is 0 Å². The highest BCUT2D eigenvalue weighted by molar-refractivity contribution is 8.00. The molecular formula is C23H27FN4O2S. The molecule has 1 aromatic heterocycles. The van der Waals surface area contributed by atoms with Crippen LogP contribution in [0.15, 0.2) is 59.8 Å². The first kappa shape index (κ1) is 22.8. The summed E-state index contributed by atoms with van der Waals surface area (Å²) in [7, 11) is 0. The van der Waals surface area contributed by atoms with Gasteiger partial charge in [0.2, 0.25) is 5.91 Å². The number of nitrogens with zero attached hydrogens (tertiary/aromatic N) is 3. The van der Waals surface area contributed by atoms with Crippen LogP contribution in [0.2, 0.25) is 0 Å². The number of carbonyl (C=O) groups is 1. The fourth-order valence-electron chi connectivity index (χ4n) is 2.80. The van der Waals surface area contributed by atoms with E-state index in [0.717, 1.165) is 18.7 Å². The molecule has 3 aromatic rings. The maximum Gasteiger partial charge on any atom is 0.237 e. The molecule has 0 spiro atoms. The van der Waals surface area contributed by atoms with Gasteiger partial charge < -0.3 is 14.6 Å². The standard InChI is InChI=1S/C23H27FN4O2S/c1-16(2)13-14-28-21(15-30-18-9-5-4-6-10-18)26-27-23(28)31-17(3)22(29)25-20-12-8-7-11-19(20)24/h4-12,16-17H,13-15H2,1-3H3,(H,25,29). The zero-order chi connectivity index (χ0) is 22.2. The number of thioether (sulfide) groups is 1. The smallest absolute Gasteiger partial charge is 0.237 e. The van der Waals surface area contributed by atoms with Gasteiger partial charge in [0.15, 0.2) is 11.0 Å². The third kappa shape index (κ3) is 6.55. The Balaban J connectivity index is 1.70. The average molecular weight is 443 g/mol. The predicted octanol–water partition coefficient (Wildman–Crippen LogP) is 5.16. The first-order chi connectivity index (χ1) is 14.9. The first-order valence-electron chi connectivity index (χ1n) is 10.3. The number of para-hydroxylation sites is 2. The SMILES string of the molecule is CC(C)CCn1c(COc2ccccc2)nnc1SC(C)C(=O)Nc1ccccc1F. The number of carbonyl (C=O) groups excluding carboxylic acids is 1. The molecule has 1 heterocycles. The topological polar surface area (TPSA) is 69.0 Å². The molecule has 0 bridgehead atoms. The van der Waals surface area contributed by atoms with Crippen molar-refractivity contribution in [1.82, 2.24) is 14.8 Å². The second-order valence-electron chi connectivity index (χ2n) is 7.56. The minimum absolute atomic E-state index is 0.165. The summed E-state index contributed by atoms with van der Waals surface area (Å²) >= 11 is 1.30. The summed E-state index contributed by atoms with van der Waals surface area (Å²) in [6.07, 6.45) is 0.944. The lowest BCUT2D eigenvalue weighted by atomic mass is 10.1. The molecule has 1 atom stereocenters. The minimum atomic E-state index is -0.482. The highest BCUT2D eigenvalue weighted by Crippen LogP contribution is 2.25. The summed E-state index contributed by atoms with van der Waals surface area (Å²) in [6, 6.07) is 15.6. The Morgan fingerprint density at radius 1 is 1.10 bits per heavy atom. The Morgan fingerprint density at radius 3 is 2.52 bits per heavy atom. The monoisotopic (exact) mass is 442 g/mol. The number of hydrogen-bond acceptors (Lipinski definition) is 5. The third-order valence-corrected chi connectivity index (χ3v) is 5.70. The van der Waals surface area contributed by atoms with Crippen molar-refractivity contribution in [2.45, 2.75) is 50.8 Å². The minimum Gasteiger partial charge on any atom is -0.486 e. The second kappa shape index (κ2) is 10.9. The summed E-state index contributed by atoms with van der Waals surface area (Å²) in [6.45, 7) is 7.08. The number of rotatable bonds is 10. The van der Waals surface area contributed by atoms with E-state index in [2.05, 4.69) is 29.4 Å². The molecule has 2 aromatic carbocycles. The Morgan fingerprint density at radius 2 is 1.81 bits per heavy atom. The summed E-state index contributed by atoms with van der Waals surface area (Å²) in [5, 5.41) is 11.4. The van der Waals surface area contributed by atoms with Crippen molar-refractivity contribution in [3.63, 3.8) is 0 Å². The van der Waals surface area contributed by atoms with Crippen molar-refractivity contribution in [2.24, 2.45) is 5.92 Å². The molecule has 0 aliphatic carbocycles. The molecule has 164 valence electrons. The normalized spacial score (nSPS) is 12.0. The van der Waals surface area contributed by atoms with Crippen LogP contribution in [0, 0.1) is 11.7 Å². The van der Waals surface area contributed by atoms with Crippen LogP contribution in [0.25, 0.3) is 0 Å². The van der Waals surface area contributed by atoms with Crippen LogP contribution in [-0.2, 0) is 17.9 Å². The molecule has 31 heavy (non-hydrogen) atoms. The van der Waals surface area contributed by atoms with Gasteiger partial charge in [-0.05, 0) is 43.5 Å². The van der Waals surface area contributed by atoms with Gasteiger partial charge in [-0.3, -0.25) is 4.79 Å². The molecule has 1 N–H and O–H groups in total. The van der Waals surface area contributed by atoms with Crippen LogP contribution in [0.5, 0.6) is 5.75 Å². The van der Waals surface area contributed by atoms with Crippen molar-refractivity contribution in [2.75, 3.05) is 5.32 Å². The van der Waals surface area contributed by atoms with Gasteiger partial charge in [0, 0.05) is 6.54 Å². The molecule has 0 fully saturated rings. The van der Waals surface area contributed by atoms with E-state index in [-0.39, 0.29) is 18.2 Å². The maximum atomic E-state index is 13.8.